The Morgan fingerprint density at radius 2 is 1.93 bits per heavy atom. The molecular weight excluding hydrogens is 177 g/mol. The topological polar surface area (TPSA) is 3.24 Å². The van der Waals surface area contributed by atoms with Crippen LogP contribution in [0.15, 0.2) is 18.2 Å². The minimum absolute atomic E-state index is 0.0927. The maximum Gasteiger partial charge on any atom is 0.127 e. The highest BCUT2D eigenvalue weighted by molar-refractivity contribution is 5.26. The van der Waals surface area contributed by atoms with Gasteiger partial charge in [-0.25, -0.2) is 4.39 Å². The molecule has 0 atom stereocenters. The van der Waals surface area contributed by atoms with Gasteiger partial charge in [0.05, 0.1) is 0 Å². The molecule has 1 rings (SSSR count). The van der Waals surface area contributed by atoms with Crippen molar-refractivity contribution in [1.29, 1.82) is 0 Å². The Bertz CT molecular complexity index is 305. The van der Waals surface area contributed by atoms with Gasteiger partial charge >= 0.3 is 0 Å². The van der Waals surface area contributed by atoms with Crippen molar-refractivity contribution >= 4 is 0 Å². The van der Waals surface area contributed by atoms with E-state index in [4.69, 9.17) is 0 Å². The van der Waals surface area contributed by atoms with E-state index in [-0.39, 0.29) is 5.82 Å². The molecule has 2 heteroatoms. The fraction of sp³-hybridized carbons (Fsp3) is 0.500. The van der Waals surface area contributed by atoms with Gasteiger partial charge in [-0.1, -0.05) is 26.0 Å². The van der Waals surface area contributed by atoms with Gasteiger partial charge in [-0.3, -0.25) is 0 Å². The van der Waals surface area contributed by atoms with Crippen molar-refractivity contribution in [2.75, 3.05) is 14.1 Å². The first kappa shape index (κ1) is 11.2. The van der Waals surface area contributed by atoms with Crippen molar-refractivity contribution in [3.63, 3.8) is 0 Å². The summed E-state index contributed by atoms with van der Waals surface area (Å²) in [6.07, 6.45) is 0. The van der Waals surface area contributed by atoms with Crippen LogP contribution < -0.4 is 0 Å². The fourth-order valence-electron chi connectivity index (χ4n) is 1.39. The predicted molar refractivity (Wildman–Crippen MR) is 57.9 cm³/mol. The monoisotopic (exact) mass is 195 g/mol. The Hall–Kier alpha value is -0.890. The molecular formula is C12H18FN. The van der Waals surface area contributed by atoms with Crippen LogP contribution in [-0.4, -0.2) is 19.0 Å². The molecule has 0 spiro atoms. The van der Waals surface area contributed by atoms with Gasteiger partial charge in [-0.2, -0.15) is 0 Å². The zero-order chi connectivity index (χ0) is 10.7. The summed E-state index contributed by atoms with van der Waals surface area (Å²) >= 11 is 0. The molecule has 1 aromatic rings. The highest BCUT2D eigenvalue weighted by Crippen LogP contribution is 2.18. The van der Waals surface area contributed by atoms with Crippen LogP contribution in [0.25, 0.3) is 0 Å². The summed E-state index contributed by atoms with van der Waals surface area (Å²) in [5.74, 6) is 0.294. The smallest absolute Gasteiger partial charge is 0.127 e. The van der Waals surface area contributed by atoms with E-state index < -0.39 is 0 Å². The van der Waals surface area contributed by atoms with Crippen LogP contribution in [0.1, 0.15) is 30.9 Å². The molecule has 0 amide bonds. The molecule has 0 fully saturated rings. The van der Waals surface area contributed by atoms with Crippen molar-refractivity contribution in [3.05, 3.63) is 35.1 Å². The van der Waals surface area contributed by atoms with E-state index in [1.165, 1.54) is 0 Å². The van der Waals surface area contributed by atoms with Crippen molar-refractivity contribution < 1.29 is 4.39 Å². The maximum absolute atomic E-state index is 13.5. The van der Waals surface area contributed by atoms with Gasteiger partial charge in [-0.15, -0.1) is 0 Å². The first-order valence-corrected chi connectivity index (χ1v) is 4.93. The highest BCUT2D eigenvalue weighted by Gasteiger charge is 2.06. The lowest BCUT2D eigenvalue weighted by atomic mass is 10.0. The van der Waals surface area contributed by atoms with E-state index in [0.717, 1.165) is 11.1 Å². The summed E-state index contributed by atoms with van der Waals surface area (Å²) in [6, 6.07) is 5.53. The van der Waals surface area contributed by atoms with E-state index in [9.17, 15) is 4.39 Å². The van der Waals surface area contributed by atoms with Crippen molar-refractivity contribution in [2.24, 2.45) is 0 Å². The largest absolute Gasteiger partial charge is 0.305 e. The van der Waals surface area contributed by atoms with Crippen LogP contribution in [0.4, 0.5) is 4.39 Å². The van der Waals surface area contributed by atoms with Crippen LogP contribution >= 0.6 is 0 Å². The van der Waals surface area contributed by atoms with Crippen LogP contribution in [-0.2, 0) is 6.54 Å². The van der Waals surface area contributed by atoms with Gasteiger partial charge in [0.1, 0.15) is 5.82 Å². The molecule has 0 radical (unpaired) electrons. The van der Waals surface area contributed by atoms with Crippen molar-refractivity contribution in [2.45, 2.75) is 26.3 Å². The Kier molecular flexibility index (Phi) is 3.64. The molecule has 1 nitrogen and oxygen atoms in total. The lowest BCUT2D eigenvalue weighted by Gasteiger charge is -2.12. The van der Waals surface area contributed by atoms with Gasteiger partial charge in [0.25, 0.3) is 0 Å². The molecule has 0 aromatic heterocycles. The third kappa shape index (κ3) is 2.81. The summed E-state index contributed by atoms with van der Waals surface area (Å²) < 4.78 is 13.5. The van der Waals surface area contributed by atoms with Crippen molar-refractivity contribution in [1.82, 2.24) is 4.90 Å². The van der Waals surface area contributed by atoms with Crippen LogP contribution in [0.2, 0.25) is 0 Å². The summed E-state index contributed by atoms with van der Waals surface area (Å²) in [7, 11) is 3.88. The second-order valence-corrected chi connectivity index (χ2v) is 4.24. The quantitative estimate of drug-likeness (QED) is 0.716. The van der Waals surface area contributed by atoms with Crippen molar-refractivity contribution in [3.8, 4) is 0 Å². The molecule has 0 N–H and O–H groups in total. The summed E-state index contributed by atoms with van der Waals surface area (Å²) in [4.78, 5) is 1.97. The second-order valence-electron chi connectivity index (χ2n) is 4.24. The average molecular weight is 195 g/mol. The first-order chi connectivity index (χ1) is 6.50. The van der Waals surface area contributed by atoms with Gasteiger partial charge in [0.15, 0.2) is 0 Å². The first-order valence-electron chi connectivity index (χ1n) is 4.93. The maximum atomic E-state index is 13.5. The Morgan fingerprint density at radius 3 is 2.36 bits per heavy atom. The lowest BCUT2D eigenvalue weighted by Crippen LogP contribution is -2.12. The number of hydrogen-bond donors (Lipinski definition) is 0. The molecule has 14 heavy (non-hydrogen) atoms. The SMILES string of the molecule is CC(C)c1ccc(CN(C)C)c(F)c1. The van der Waals surface area contributed by atoms with E-state index >= 15 is 0 Å². The zero-order valence-electron chi connectivity index (χ0n) is 9.34. The molecule has 0 aliphatic rings. The molecule has 0 bridgehead atoms. The molecule has 1 aromatic carbocycles. The van der Waals surface area contributed by atoms with Crippen LogP contribution in [0.3, 0.4) is 0 Å². The van der Waals surface area contributed by atoms with Crippen LogP contribution in [0, 0.1) is 5.82 Å². The van der Waals surface area contributed by atoms with Crippen LogP contribution in [0.5, 0.6) is 0 Å². The molecule has 0 saturated carbocycles. The molecule has 0 aliphatic heterocycles. The minimum atomic E-state index is -0.0927. The number of rotatable bonds is 3. The Balaban J connectivity index is 2.90. The fourth-order valence-corrected chi connectivity index (χ4v) is 1.39. The molecule has 0 unspecified atom stereocenters. The number of halogens is 1. The van der Waals surface area contributed by atoms with Gasteiger partial charge in [0.2, 0.25) is 0 Å². The number of nitrogens with zero attached hydrogens (tertiary/aromatic N) is 1. The molecule has 78 valence electrons. The molecule has 0 aliphatic carbocycles. The summed E-state index contributed by atoms with van der Waals surface area (Å²) in [5.41, 5.74) is 1.82. The third-order valence-corrected chi connectivity index (χ3v) is 2.23. The summed E-state index contributed by atoms with van der Waals surface area (Å²) in [5, 5.41) is 0. The summed E-state index contributed by atoms with van der Waals surface area (Å²) in [6.45, 7) is 4.80. The standard InChI is InChI=1S/C12H18FN/c1-9(2)10-5-6-11(8-14(3)4)12(13)7-10/h5-7,9H,8H2,1-4H3. The third-order valence-electron chi connectivity index (χ3n) is 2.23. The Morgan fingerprint density at radius 1 is 1.29 bits per heavy atom. The number of benzene rings is 1. The predicted octanol–water partition coefficient (Wildman–Crippen LogP) is 3.01. The van der Waals surface area contributed by atoms with Gasteiger partial charge in [-0.05, 0) is 31.6 Å². The van der Waals surface area contributed by atoms with Gasteiger partial charge in [0, 0.05) is 12.1 Å². The minimum Gasteiger partial charge on any atom is -0.305 e. The van der Waals surface area contributed by atoms with E-state index in [1.807, 2.05) is 31.1 Å². The zero-order valence-corrected chi connectivity index (χ0v) is 9.34. The lowest BCUT2D eigenvalue weighted by molar-refractivity contribution is 0.392. The van der Waals surface area contributed by atoms with E-state index in [2.05, 4.69) is 13.8 Å². The second kappa shape index (κ2) is 4.56. The average Bonchev–Trinajstić information content (AvgIpc) is 2.07. The highest BCUT2D eigenvalue weighted by atomic mass is 19.1. The van der Waals surface area contributed by atoms with E-state index in [0.29, 0.717) is 12.5 Å². The Labute approximate surface area is 85.5 Å². The molecule has 0 saturated heterocycles. The number of hydrogen-bond acceptors (Lipinski definition) is 1. The molecule has 0 heterocycles. The normalized spacial score (nSPS) is 11.4. The van der Waals surface area contributed by atoms with E-state index in [1.54, 1.807) is 6.07 Å². The van der Waals surface area contributed by atoms with Gasteiger partial charge < -0.3 is 4.90 Å².